The van der Waals surface area contributed by atoms with E-state index < -0.39 is 11.5 Å². The Morgan fingerprint density at radius 2 is 1.86 bits per heavy atom. The Balaban J connectivity index is 0.00000225. The summed E-state index contributed by atoms with van der Waals surface area (Å²) in [4.78, 5) is 29.5. The molecule has 1 amide bonds. The molecule has 2 aromatic carbocycles. The molecule has 1 N–H and O–H groups in total. The van der Waals surface area contributed by atoms with E-state index in [1.165, 1.54) is 4.57 Å². The lowest BCUT2D eigenvalue weighted by Gasteiger charge is -2.21. The molecule has 0 bridgehead atoms. The van der Waals surface area contributed by atoms with Gasteiger partial charge in [-0.2, -0.15) is 0 Å². The van der Waals surface area contributed by atoms with E-state index >= 15 is 0 Å². The molecule has 4 rings (SSSR count). The number of ether oxygens (including phenoxy) is 2. The first-order chi connectivity index (χ1) is 13.0. The summed E-state index contributed by atoms with van der Waals surface area (Å²) in [6.07, 6.45) is 0. The van der Waals surface area contributed by atoms with Crippen molar-refractivity contribution in [3.05, 3.63) is 64.1 Å². The number of hydrogen-bond acceptors (Lipinski definition) is 5. The molecule has 1 unspecified atom stereocenters. The summed E-state index contributed by atoms with van der Waals surface area (Å²) in [6, 6.07) is 12.4. The average Bonchev–Trinajstić information content (AvgIpc) is 2.70. The number of hydrogen-bond donors (Lipinski definition) is 1. The largest absolute Gasteiger partial charge is 0.486 e. The van der Waals surface area contributed by atoms with Crippen LogP contribution in [-0.4, -0.2) is 28.7 Å². The van der Waals surface area contributed by atoms with Crippen molar-refractivity contribution in [3.63, 3.8) is 0 Å². The number of aryl methyl sites for hydroxylation is 1. The van der Waals surface area contributed by atoms with Gasteiger partial charge in [0.1, 0.15) is 13.2 Å². The number of para-hydroxylation sites is 2. The average molecular weight is 402 g/mol. The molecule has 0 spiro atoms. The van der Waals surface area contributed by atoms with Crippen molar-refractivity contribution in [2.45, 2.75) is 13.0 Å². The lowest BCUT2D eigenvalue weighted by atomic mass is 10.1. The first kappa shape index (κ1) is 19.7. The fraction of sp³-hybridized carbons (Fsp3) is 0.250. The number of carbonyl (C=O) groups is 1. The standard InChI is InChI=1S/C20H19N3O4.ClH/c1-12(13-7-8-16-17(11-13)27-10-9-26-16)21-19(24)18-20(25)23(2)15-6-4-3-5-14(15)22-18;/h3-8,11-12H,9-10H2,1-2H3,(H,21,24);1H. The zero-order valence-corrected chi connectivity index (χ0v) is 16.3. The maximum atomic E-state index is 12.7. The van der Waals surface area contributed by atoms with Crippen LogP contribution in [0, 0.1) is 0 Å². The van der Waals surface area contributed by atoms with Crippen molar-refractivity contribution in [2.24, 2.45) is 7.05 Å². The predicted octanol–water partition coefficient (Wildman–Crippen LogP) is 2.62. The molecule has 1 aromatic heterocycles. The number of nitrogens with zero attached hydrogens (tertiary/aromatic N) is 2. The second-order valence-electron chi connectivity index (χ2n) is 6.41. The second-order valence-corrected chi connectivity index (χ2v) is 6.41. The molecule has 8 heteroatoms. The highest BCUT2D eigenvalue weighted by Gasteiger charge is 2.20. The van der Waals surface area contributed by atoms with Crippen LogP contribution in [0.1, 0.15) is 29.0 Å². The van der Waals surface area contributed by atoms with Gasteiger partial charge >= 0.3 is 0 Å². The number of benzene rings is 2. The van der Waals surface area contributed by atoms with E-state index in [9.17, 15) is 9.59 Å². The van der Waals surface area contributed by atoms with Gasteiger partial charge in [0, 0.05) is 7.05 Å². The quantitative estimate of drug-likeness (QED) is 0.729. The van der Waals surface area contributed by atoms with Crippen LogP contribution in [0.25, 0.3) is 11.0 Å². The SMILES string of the molecule is CC(NC(=O)c1nc2ccccc2n(C)c1=O)c1ccc2c(c1)OCCO2.Cl. The summed E-state index contributed by atoms with van der Waals surface area (Å²) < 4.78 is 12.5. The molecule has 0 saturated heterocycles. The third-order valence-electron chi connectivity index (χ3n) is 4.61. The van der Waals surface area contributed by atoms with Gasteiger partial charge in [-0.1, -0.05) is 18.2 Å². The van der Waals surface area contributed by atoms with E-state index in [1.54, 1.807) is 19.2 Å². The maximum Gasteiger partial charge on any atom is 0.282 e. The number of aromatic nitrogens is 2. The number of amides is 1. The zero-order valence-electron chi connectivity index (χ0n) is 15.5. The minimum absolute atomic E-state index is 0. The van der Waals surface area contributed by atoms with Crippen molar-refractivity contribution in [2.75, 3.05) is 13.2 Å². The molecule has 0 fully saturated rings. The van der Waals surface area contributed by atoms with Crippen LogP contribution in [0.5, 0.6) is 11.5 Å². The predicted molar refractivity (Wildman–Crippen MR) is 108 cm³/mol. The van der Waals surface area contributed by atoms with Crippen molar-refractivity contribution in [3.8, 4) is 11.5 Å². The smallest absolute Gasteiger partial charge is 0.282 e. The Bertz CT molecular complexity index is 1100. The van der Waals surface area contributed by atoms with E-state index in [0.29, 0.717) is 35.7 Å². The molecule has 2 heterocycles. The van der Waals surface area contributed by atoms with Crippen molar-refractivity contribution in [1.82, 2.24) is 14.9 Å². The monoisotopic (exact) mass is 401 g/mol. The molecule has 28 heavy (non-hydrogen) atoms. The first-order valence-electron chi connectivity index (χ1n) is 8.71. The lowest BCUT2D eigenvalue weighted by molar-refractivity contribution is 0.0933. The van der Waals surface area contributed by atoms with Gasteiger partial charge in [0.25, 0.3) is 11.5 Å². The molecule has 0 aliphatic carbocycles. The highest BCUT2D eigenvalue weighted by Crippen LogP contribution is 2.32. The fourth-order valence-corrected chi connectivity index (χ4v) is 3.10. The molecule has 1 atom stereocenters. The summed E-state index contributed by atoms with van der Waals surface area (Å²) in [5, 5.41) is 2.84. The molecule has 7 nitrogen and oxygen atoms in total. The maximum absolute atomic E-state index is 12.7. The Morgan fingerprint density at radius 1 is 1.14 bits per heavy atom. The van der Waals surface area contributed by atoms with Crippen LogP contribution in [0.4, 0.5) is 0 Å². The summed E-state index contributed by atoms with van der Waals surface area (Å²) in [5.74, 6) is 0.830. The number of halogens is 1. The molecule has 1 aliphatic rings. The third kappa shape index (κ3) is 3.53. The Morgan fingerprint density at radius 3 is 2.64 bits per heavy atom. The molecule has 0 radical (unpaired) electrons. The van der Waals surface area contributed by atoms with Crippen molar-refractivity contribution < 1.29 is 14.3 Å². The molecular weight excluding hydrogens is 382 g/mol. The first-order valence-corrected chi connectivity index (χ1v) is 8.71. The van der Waals surface area contributed by atoms with Gasteiger partial charge < -0.3 is 19.4 Å². The van der Waals surface area contributed by atoms with Gasteiger partial charge in [-0.25, -0.2) is 4.98 Å². The minimum Gasteiger partial charge on any atom is -0.486 e. The number of rotatable bonds is 3. The van der Waals surface area contributed by atoms with Crippen LogP contribution in [0.15, 0.2) is 47.3 Å². The van der Waals surface area contributed by atoms with Crippen LogP contribution in [-0.2, 0) is 7.05 Å². The highest BCUT2D eigenvalue weighted by atomic mass is 35.5. The van der Waals surface area contributed by atoms with E-state index in [2.05, 4.69) is 10.3 Å². The Labute approximate surface area is 167 Å². The van der Waals surface area contributed by atoms with Gasteiger partial charge in [-0.15, -0.1) is 12.4 Å². The van der Waals surface area contributed by atoms with Gasteiger partial charge in [-0.3, -0.25) is 9.59 Å². The number of nitrogens with one attached hydrogen (secondary N) is 1. The molecular formula is C20H20ClN3O4. The number of fused-ring (bicyclic) bond motifs is 2. The summed E-state index contributed by atoms with van der Waals surface area (Å²) >= 11 is 0. The van der Waals surface area contributed by atoms with Crippen molar-refractivity contribution >= 4 is 29.3 Å². The van der Waals surface area contributed by atoms with E-state index in [-0.39, 0.29) is 24.1 Å². The Kier molecular flexibility index (Phi) is 5.56. The molecule has 3 aromatic rings. The van der Waals surface area contributed by atoms with E-state index in [4.69, 9.17) is 9.47 Å². The summed E-state index contributed by atoms with van der Waals surface area (Å²) in [7, 11) is 1.63. The highest BCUT2D eigenvalue weighted by molar-refractivity contribution is 5.94. The summed E-state index contributed by atoms with van der Waals surface area (Å²) in [5.41, 5.74) is 1.57. The fourth-order valence-electron chi connectivity index (χ4n) is 3.10. The van der Waals surface area contributed by atoms with Crippen LogP contribution >= 0.6 is 12.4 Å². The minimum atomic E-state index is -0.510. The van der Waals surface area contributed by atoms with E-state index in [0.717, 1.165) is 5.56 Å². The Hall–Kier alpha value is -3.06. The molecule has 1 aliphatic heterocycles. The lowest BCUT2D eigenvalue weighted by Crippen LogP contribution is -2.35. The van der Waals surface area contributed by atoms with Gasteiger partial charge in [0.2, 0.25) is 0 Å². The third-order valence-corrected chi connectivity index (χ3v) is 4.61. The van der Waals surface area contributed by atoms with E-state index in [1.807, 2.05) is 37.3 Å². The van der Waals surface area contributed by atoms with Crippen LogP contribution in [0.3, 0.4) is 0 Å². The molecule has 0 saturated carbocycles. The second kappa shape index (κ2) is 7.90. The zero-order chi connectivity index (χ0) is 19.0. The van der Waals surface area contributed by atoms with Crippen LogP contribution < -0.4 is 20.3 Å². The van der Waals surface area contributed by atoms with Gasteiger partial charge in [0.05, 0.1) is 17.1 Å². The van der Waals surface area contributed by atoms with Gasteiger partial charge in [0.15, 0.2) is 17.2 Å². The van der Waals surface area contributed by atoms with Gasteiger partial charge in [-0.05, 0) is 36.8 Å². The normalized spacial score (nSPS) is 13.5. The van der Waals surface area contributed by atoms with Crippen LogP contribution in [0.2, 0.25) is 0 Å². The summed E-state index contributed by atoms with van der Waals surface area (Å²) in [6.45, 7) is 2.86. The number of carbonyl (C=O) groups excluding carboxylic acids is 1. The van der Waals surface area contributed by atoms with Crippen molar-refractivity contribution in [1.29, 1.82) is 0 Å². The topological polar surface area (TPSA) is 82.5 Å². The molecule has 146 valence electrons.